The van der Waals surface area contributed by atoms with E-state index in [1.165, 1.54) is 19.2 Å². The predicted octanol–water partition coefficient (Wildman–Crippen LogP) is 2.92. The number of carbonyl (C=O) groups is 1. The fourth-order valence-electron chi connectivity index (χ4n) is 2.06. The van der Waals surface area contributed by atoms with Crippen molar-refractivity contribution < 1.29 is 13.9 Å². The van der Waals surface area contributed by atoms with Crippen LogP contribution in [0.4, 0.5) is 4.39 Å². The van der Waals surface area contributed by atoms with Crippen LogP contribution in [-0.4, -0.2) is 24.6 Å². The second kappa shape index (κ2) is 7.87. The van der Waals surface area contributed by atoms with Gasteiger partial charge in [0, 0.05) is 23.9 Å². The van der Waals surface area contributed by atoms with Crippen molar-refractivity contribution in [3.8, 4) is 0 Å². The van der Waals surface area contributed by atoms with Crippen molar-refractivity contribution in [2.75, 3.05) is 13.7 Å². The molecule has 0 radical (unpaired) electrons. The zero-order valence-corrected chi connectivity index (χ0v) is 12.8. The van der Waals surface area contributed by atoms with Crippen molar-refractivity contribution in [1.82, 2.24) is 10.3 Å². The third-order valence-electron chi connectivity index (χ3n) is 3.11. The van der Waals surface area contributed by atoms with Crippen molar-refractivity contribution in [3.05, 3.63) is 64.7 Å². The molecule has 116 valence electrons. The summed E-state index contributed by atoms with van der Waals surface area (Å²) in [7, 11) is 1.54. The number of pyridine rings is 1. The summed E-state index contributed by atoms with van der Waals surface area (Å²) in [4.78, 5) is 16.4. The third-order valence-corrected chi connectivity index (χ3v) is 3.47. The molecular formula is C16H16ClFN2O2. The van der Waals surface area contributed by atoms with Crippen molar-refractivity contribution in [3.63, 3.8) is 0 Å². The number of benzene rings is 1. The van der Waals surface area contributed by atoms with Gasteiger partial charge in [0.05, 0.1) is 24.8 Å². The largest absolute Gasteiger partial charge is 0.382 e. The molecule has 22 heavy (non-hydrogen) atoms. The van der Waals surface area contributed by atoms with Crippen LogP contribution in [0.2, 0.25) is 5.02 Å². The smallest absolute Gasteiger partial charge is 0.225 e. The first-order chi connectivity index (χ1) is 10.6. The van der Waals surface area contributed by atoms with Crippen LogP contribution in [-0.2, 0) is 16.0 Å². The Balaban J connectivity index is 2.09. The van der Waals surface area contributed by atoms with Crippen molar-refractivity contribution >= 4 is 17.5 Å². The number of ether oxygens (including phenoxy) is 1. The van der Waals surface area contributed by atoms with Crippen LogP contribution >= 0.6 is 11.6 Å². The first-order valence-corrected chi connectivity index (χ1v) is 7.11. The Morgan fingerprint density at radius 3 is 2.82 bits per heavy atom. The molecular weight excluding hydrogens is 307 g/mol. The summed E-state index contributed by atoms with van der Waals surface area (Å²) in [5, 5.41) is 3.02. The van der Waals surface area contributed by atoms with Gasteiger partial charge in [-0.2, -0.15) is 0 Å². The number of nitrogens with zero attached hydrogens (tertiary/aromatic N) is 1. The molecule has 0 fully saturated rings. The molecule has 0 saturated carbocycles. The molecule has 0 aliphatic rings. The summed E-state index contributed by atoms with van der Waals surface area (Å²) in [6, 6.07) is 9.34. The molecule has 0 aliphatic carbocycles. The Morgan fingerprint density at radius 2 is 2.18 bits per heavy atom. The lowest BCUT2D eigenvalue weighted by Gasteiger charge is -2.17. The van der Waals surface area contributed by atoms with Crippen molar-refractivity contribution in [2.24, 2.45) is 0 Å². The number of hydrogen-bond acceptors (Lipinski definition) is 3. The second-order valence-corrected chi connectivity index (χ2v) is 5.11. The summed E-state index contributed by atoms with van der Waals surface area (Å²) in [6.45, 7) is 0.272. The first kappa shape index (κ1) is 16.4. The number of amides is 1. The fraction of sp³-hybridized carbons (Fsp3) is 0.250. The minimum atomic E-state index is -0.497. The lowest BCUT2D eigenvalue weighted by atomic mass is 10.1. The van der Waals surface area contributed by atoms with Gasteiger partial charge in [-0.25, -0.2) is 4.39 Å². The molecule has 1 aromatic carbocycles. The molecule has 1 aromatic heterocycles. The number of halogens is 2. The minimum absolute atomic E-state index is 0.140. The molecule has 1 atom stereocenters. The molecule has 1 amide bonds. The topological polar surface area (TPSA) is 51.2 Å². The number of carbonyl (C=O) groups excluding carboxylic acids is 1. The number of nitrogens with one attached hydrogen (secondary N) is 1. The number of hydrogen-bond donors (Lipinski definition) is 1. The molecule has 0 unspecified atom stereocenters. The van der Waals surface area contributed by atoms with Gasteiger partial charge in [-0.3, -0.25) is 9.78 Å². The maximum Gasteiger partial charge on any atom is 0.225 e. The Morgan fingerprint density at radius 1 is 1.36 bits per heavy atom. The lowest BCUT2D eigenvalue weighted by Crippen LogP contribution is -2.33. The van der Waals surface area contributed by atoms with Gasteiger partial charge in [0.15, 0.2) is 0 Å². The number of methoxy groups -OCH3 is 1. The van der Waals surface area contributed by atoms with E-state index < -0.39 is 11.9 Å². The highest BCUT2D eigenvalue weighted by Crippen LogP contribution is 2.20. The average molecular weight is 323 g/mol. The minimum Gasteiger partial charge on any atom is -0.382 e. The highest BCUT2D eigenvalue weighted by atomic mass is 35.5. The summed E-state index contributed by atoms with van der Waals surface area (Å²) >= 11 is 5.93. The SMILES string of the molecule is COC[C@@H](NC(=O)Cc1c(F)cccc1Cl)c1ccccn1. The normalized spacial score (nSPS) is 12.0. The van der Waals surface area contributed by atoms with E-state index in [0.717, 1.165) is 0 Å². The van der Waals surface area contributed by atoms with Gasteiger partial charge in [-0.15, -0.1) is 0 Å². The lowest BCUT2D eigenvalue weighted by molar-refractivity contribution is -0.121. The molecule has 0 saturated heterocycles. The maximum atomic E-state index is 13.7. The van der Waals surface area contributed by atoms with Crippen LogP contribution < -0.4 is 5.32 Å². The monoisotopic (exact) mass is 322 g/mol. The van der Waals surface area contributed by atoms with Gasteiger partial charge in [0.1, 0.15) is 5.82 Å². The third kappa shape index (κ3) is 4.26. The predicted molar refractivity (Wildman–Crippen MR) is 82.1 cm³/mol. The van der Waals surface area contributed by atoms with E-state index in [4.69, 9.17) is 16.3 Å². The van der Waals surface area contributed by atoms with E-state index in [9.17, 15) is 9.18 Å². The summed E-state index contributed by atoms with van der Waals surface area (Å²) in [5.41, 5.74) is 0.858. The molecule has 0 aliphatic heterocycles. The van der Waals surface area contributed by atoms with E-state index in [-0.39, 0.29) is 29.5 Å². The molecule has 1 heterocycles. The highest BCUT2D eigenvalue weighted by Gasteiger charge is 2.18. The van der Waals surface area contributed by atoms with E-state index in [1.807, 2.05) is 6.07 Å². The van der Waals surface area contributed by atoms with E-state index in [1.54, 1.807) is 24.4 Å². The van der Waals surface area contributed by atoms with Crippen molar-refractivity contribution in [1.29, 1.82) is 0 Å². The Bertz CT molecular complexity index is 617. The van der Waals surface area contributed by atoms with Crippen LogP contribution in [0.1, 0.15) is 17.3 Å². The molecule has 6 heteroatoms. The summed E-state index contributed by atoms with van der Waals surface area (Å²) < 4.78 is 18.8. The van der Waals surface area contributed by atoms with Crippen LogP contribution in [0.25, 0.3) is 0 Å². The molecule has 2 rings (SSSR count). The highest BCUT2D eigenvalue weighted by molar-refractivity contribution is 6.31. The van der Waals surface area contributed by atoms with Gasteiger partial charge in [-0.1, -0.05) is 23.7 Å². The van der Waals surface area contributed by atoms with Gasteiger partial charge in [0.25, 0.3) is 0 Å². The van der Waals surface area contributed by atoms with Crippen LogP contribution in [0.3, 0.4) is 0 Å². The van der Waals surface area contributed by atoms with E-state index in [0.29, 0.717) is 5.69 Å². The Hall–Kier alpha value is -1.98. The van der Waals surface area contributed by atoms with E-state index >= 15 is 0 Å². The van der Waals surface area contributed by atoms with Gasteiger partial charge in [0.2, 0.25) is 5.91 Å². The summed E-state index contributed by atoms with van der Waals surface area (Å²) in [6.07, 6.45) is 1.50. The van der Waals surface area contributed by atoms with Gasteiger partial charge >= 0.3 is 0 Å². The number of aromatic nitrogens is 1. The van der Waals surface area contributed by atoms with Crippen LogP contribution in [0.15, 0.2) is 42.6 Å². The summed E-state index contributed by atoms with van der Waals surface area (Å²) in [5.74, 6) is -0.844. The maximum absolute atomic E-state index is 13.7. The van der Waals surface area contributed by atoms with Gasteiger partial charge < -0.3 is 10.1 Å². The van der Waals surface area contributed by atoms with Crippen LogP contribution in [0.5, 0.6) is 0 Å². The molecule has 0 bridgehead atoms. The molecule has 1 N–H and O–H groups in total. The zero-order chi connectivity index (χ0) is 15.9. The van der Waals surface area contributed by atoms with Crippen molar-refractivity contribution in [2.45, 2.75) is 12.5 Å². The molecule has 2 aromatic rings. The average Bonchev–Trinajstić information content (AvgIpc) is 2.51. The molecule has 0 spiro atoms. The Labute approximate surface area is 133 Å². The molecule has 4 nitrogen and oxygen atoms in total. The standard InChI is InChI=1S/C16H16ClFN2O2/c1-22-10-15(14-7-2-3-8-19-14)20-16(21)9-11-12(17)5-4-6-13(11)18/h2-8,15H,9-10H2,1H3,(H,20,21)/t15-/m1/s1. The van der Waals surface area contributed by atoms with E-state index in [2.05, 4.69) is 10.3 Å². The first-order valence-electron chi connectivity index (χ1n) is 6.74. The second-order valence-electron chi connectivity index (χ2n) is 4.71. The fourth-order valence-corrected chi connectivity index (χ4v) is 2.29. The zero-order valence-electron chi connectivity index (χ0n) is 12.1. The Kier molecular flexibility index (Phi) is 5.86. The van der Waals surface area contributed by atoms with Gasteiger partial charge in [-0.05, 0) is 24.3 Å². The quantitative estimate of drug-likeness (QED) is 0.889. The van der Waals surface area contributed by atoms with Crippen LogP contribution in [0, 0.1) is 5.82 Å². The number of rotatable bonds is 6.